The molecule has 1 atom stereocenters. The molecule has 53 valence electrons. The molecule has 1 aliphatic heterocycles. The third-order valence-corrected chi connectivity index (χ3v) is 1.64. The van der Waals surface area contributed by atoms with Crippen molar-refractivity contribution in [3.63, 3.8) is 0 Å². The molecule has 0 aliphatic carbocycles. The van der Waals surface area contributed by atoms with Crippen LogP contribution in [0.2, 0.25) is 0 Å². The molecule has 2 nitrogen and oxygen atoms in total. The molecule has 1 saturated heterocycles. The van der Waals surface area contributed by atoms with Gasteiger partial charge < -0.3 is 4.74 Å². The van der Waals surface area contributed by atoms with Crippen LogP contribution in [0.3, 0.4) is 0 Å². The summed E-state index contributed by atoms with van der Waals surface area (Å²) in [4.78, 5) is 2.29. The van der Waals surface area contributed by atoms with Gasteiger partial charge in [0.1, 0.15) is 0 Å². The predicted molar refractivity (Wildman–Crippen MR) is 37.0 cm³/mol. The summed E-state index contributed by atoms with van der Waals surface area (Å²) >= 11 is 0. The molecule has 1 unspecified atom stereocenters. The summed E-state index contributed by atoms with van der Waals surface area (Å²) in [7, 11) is 0. The summed E-state index contributed by atoms with van der Waals surface area (Å²) in [6, 6.07) is 0. The molecule has 0 aromatic heterocycles. The molecular formula is C7H14NO. The van der Waals surface area contributed by atoms with Crippen molar-refractivity contribution in [2.45, 2.75) is 20.0 Å². The third kappa shape index (κ3) is 1.95. The van der Waals surface area contributed by atoms with Crippen molar-refractivity contribution in [3.8, 4) is 0 Å². The average Bonchev–Trinajstić information content (AvgIpc) is 1.88. The number of hydrogen-bond acceptors (Lipinski definition) is 2. The lowest BCUT2D eigenvalue weighted by Gasteiger charge is -2.29. The first-order valence-corrected chi connectivity index (χ1v) is 3.48. The largest absolute Gasteiger partial charge is 0.376 e. The topological polar surface area (TPSA) is 12.5 Å². The maximum Gasteiger partial charge on any atom is 0.0674 e. The fourth-order valence-electron chi connectivity index (χ4n) is 1.08. The quantitative estimate of drug-likeness (QED) is 0.520. The van der Waals surface area contributed by atoms with Crippen molar-refractivity contribution in [2.75, 3.05) is 19.7 Å². The van der Waals surface area contributed by atoms with Crippen LogP contribution in [-0.2, 0) is 4.74 Å². The van der Waals surface area contributed by atoms with Gasteiger partial charge in [0, 0.05) is 19.6 Å². The van der Waals surface area contributed by atoms with Gasteiger partial charge in [-0.2, -0.15) is 0 Å². The highest BCUT2D eigenvalue weighted by Crippen LogP contribution is 2.04. The highest BCUT2D eigenvalue weighted by molar-refractivity contribution is 4.71. The number of nitrogens with zero attached hydrogens (tertiary/aromatic N) is 1. The molecule has 1 rings (SSSR count). The molecule has 0 saturated carbocycles. The highest BCUT2D eigenvalue weighted by Gasteiger charge is 2.13. The minimum absolute atomic E-state index is 0.412. The van der Waals surface area contributed by atoms with Gasteiger partial charge in [-0.25, -0.2) is 0 Å². The Morgan fingerprint density at radius 2 is 2.44 bits per heavy atom. The lowest BCUT2D eigenvalue weighted by Crippen LogP contribution is -2.38. The van der Waals surface area contributed by atoms with Crippen LogP contribution in [0.4, 0.5) is 0 Å². The molecule has 1 aliphatic rings. The van der Waals surface area contributed by atoms with Gasteiger partial charge in [-0.1, -0.05) is 0 Å². The summed E-state index contributed by atoms with van der Waals surface area (Å²) in [5, 5.41) is 0. The van der Waals surface area contributed by atoms with Crippen molar-refractivity contribution in [1.29, 1.82) is 0 Å². The maximum atomic E-state index is 5.35. The second kappa shape index (κ2) is 3.18. The van der Waals surface area contributed by atoms with Gasteiger partial charge in [-0.15, -0.1) is 0 Å². The van der Waals surface area contributed by atoms with Gasteiger partial charge in [-0.3, -0.25) is 4.90 Å². The van der Waals surface area contributed by atoms with Crippen molar-refractivity contribution in [2.24, 2.45) is 0 Å². The van der Waals surface area contributed by atoms with Crippen LogP contribution in [0.1, 0.15) is 13.8 Å². The van der Waals surface area contributed by atoms with E-state index in [1.165, 1.54) is 0 Å². The Kier molecular flexibility index (Phi) is 2.49. The van der Waals surface area contributed by atoms with Crippen LogP contribution in [0.5, 0.6) is 0 Å². The molecule has 1 fully saturated rings. The molecular weight excluding hydrogens is 114 g/mol. The van der Waals surface area contributed by atoms with E-state index in [0.29, 0.717) is 6.10 Å². The van der Waals surface area contributed by atoms with Gasteiger partial charge in [0.15, 0.2) is 0 Å². The molecule has 0 aromatic carbocycles. The van der Waals surface area contributed by atoms with Crippen molar-refractivity contribution in [1.82, 2.24) is 4.90 Å². The second-order valence-corrected chi connectivity index (χ2v) is 2.43. The monoisotopic (exact) mass is 128 g/mol. The number of morpholine rings is 1. The first kappa shape index (κ1) is 7.03. The van der Waals surface area contributed by atoms with Crippen molar-refractivity contribution in [3.05, 3.63) is 6.54 Å². The van der Waals surface area contributed by atoms with Crippen LogP contribution in [0.25, 0.3) is 0 Å². The summed E-state index contributed by atoms with van der Waals surface area (Å²) in [6.07, 6.45) is 0.412. The van der Waals surface area contributed by atoms with E-state index in [0.717, 1.165) is 19.7 Å². The second-order valence-electron chi connectivity index (χ2n) is 2.43. The SMILES string of the molecule is C[CH]N1CCOC(C)C1. The van der Waals surface area contributed by atoms with Crippen LogP contribution in [0, 0.1) is 6.54 Å². The molecule has 1 heterocycles. The molecule has 0 spiro atoms. The van der Waals surface area contributed by atoms with Crippen molar-refractivity contribution < 1.29 is 4.74 Å². The smallest absolute Gasteiger partial charge is 0.0674 e. The summed E-state index contributed by atoms with van der Waals surface area (Å²) < 4.78 is 5.35. The van der Waals surface area contributed by atoms with Crippen LogP contribution >= 0.6 is 0 Å². The van der Waals surface area contributed by atoms with Crippen LogP contribution in [-0.4, -0.2) is 30.7 Å². The Hall–Kier alpha value is -0.0800. The van der Waals surface area contributed by atoms with E-state index < -0.39 is 0 Å². The van der Waals surface area contributed by atoms with Gasteiger partial charge in [0.2, 0.25) is 0 Å². The summed E-state index contributed by atoms with van der Waals surface area (Å²) in [6.45, 7) is 9.29. The molecule has 9 heavy (non-hydrogen) atoms. The van der Waals surface area contributed by atoms with E-state index in [2.05, 4.69) is 25.3 Å². The van der Waals surface area contributed by atoms with Crippen LogP contribution in [0.15, 0.2) is 0 Å². The standard InChI is InChI=1S/C7H14NO/c1-3-8-4-5-9-7(2)6-8/h3,7H,4-6H2,1-2H3. The normalized spacial score (nSPS) is 30.7. The van der Waals surface area contributed by atoms with E-state index in [9.17, 15) is 0 Å². The zero-order valence-corrected chi connectivity index (χ0v) is 6.13. The molecule has 0 N–H and O–H groups in total. The fraction of sp³-hybridized carbons (Fsp3) is 0.857. The Balaban J connectivity index is 2.23. The zero-order chi connectivity index (χ0) is 6.69. The minimum atomic E-state index is 0.412. The van der Waals surface area contributed by atoms with E-state index in [1.54, 1.807) is 0 Å². The van der Waals surface area contributed by atoms with Gasteiger partial charge in [-0.05, 0) is 13.8 Å². The predicted octanol–water partition coefficient (Wildman–Crippen LogP) is 0.889. The zero-order valence-electron chi connectivity index (χ0n) is 6.13. The summed E-state index contributed by atoms with van der Waals surface area (Å²) in [5.41, 5.74) is 0. The molecule has 0 amide bonds. The Morgan fingerprint density at radius 1 is 1.67 bits per heavy atom. The van der Waals surface area contributed by atoms with Gasteiger partial charge in [0.05, 0.1) is 12.7 Å². The van der Waals surface area contributed by atoms with Crippen LogP contribution < -0.4 is 0 Å². The van der Waals surface area contributed by atoms with Crippen molar-refractivity contribution >= 4 is 0 Å². The number of hydrogen-bond donors (Lipinski definition) is 0. The minimum Gasteiger partial charge on any atom is -0.376 e. The van der Waals surface area contributed by atoms with E-state index in [-0.39, 0.29) is 0 Å². The molecule has 0 bridgehead atoms. The Labute approximate surface area is 56.8 Å². The lowest BCUT2D eigenvalue weighted by molar-refractivity contribution is -0.00727. The lowest BCUT2D eigenvalue weighted by atomic mass is 10.3. The molecule has 2 heteroatoms. The Bertz CT molecular complexity index is 85.0. The molecule has 1 radical (unpaired) electrons. The van der Waals surface area contributed by atoms with Gasteiger partial charge in [0.25, 0.3) is 0 Å². The van der Waals surface area contributed by atoms with Gasteiger partial charge >= 0.3 is 0 Å². The van der Waals surface area contributed by atoms with E-state index >= 15 is 0 Å². The van der Waals surface area contributed by atoms with E-state index in [4.69, 9.17) is 4.74 Å². The van der Waals surface area contributed by atoms with E-state index in [1.807, 2.05) is 0 Å². The maximum absolute atomic E-state index is 5.35. The third-order valence-electron chi connectivity index (χ3n) is 1.64. The average molecular weight is 128 g/mol. The fourth-order valence-corrected chi connectivity index (χ4v) is 1.08. The highest BCUT2D eigenvalue weighted by atomic mass is 16.5. The summed E-state index contributed by atoms with van der Waals surface area (Å²) in [5.74, 6) is 0. The first-order chi connectivity index (χ1) is 4.33. The Morgan fingerprint density at radius 3 is 2.89 bits per heavy atom. The molecule has 0 aromatic rings. The first-order valence-electron chi connectivity index (χ1n) is 3.48. The number of rotatable bonds is 1. The number of ether oxygens (including phenoxy) is 1.